The minimum atomic E-state index is -4.34. The molecule has 15 heavy (non-hydrogen) atoms. The summed E-state index contributed by atoms with van der Waals surface area (Å²) in [6.07, 6.45) is -5.52. The largest absolute Gasteiger partial charge is 0.461 e. The third-order valence-electron chi connectivity index (χ3n) is 1.27. The molecule has 4 nitrogen and oxygen atoms in total. The molecule has 0 radical (unpaired) electrons. The number of hydrogen-bond donors (Lipinski definition) is 0. The monoisotopic (exact) mass is 240 g/mol. The number of carbonyl (C=O) groups is 1. The van der Waals surface area contributed by atoms with E-state index in [-0.39, 0.29) is 16.6 Å². The van der Waals surface area contributed by atoms with Crippen LogP contribution in [0.4, 0.5) is 13.2 Å². The molecule has 0 unspecified atom stereocenters. The molecular weight excluding hydrogens is 233 g/mol. The molecule has 84 valence electrons. The van der Waals surface area contributed by atoms with Crippen molar-refractivity contribution in [2.75, 3.05) is 6.61 Å². The van der Waals surface area contributed by atoms with Crippen molar-refractivity contribution in [2.45, 2.75) is 19.5 Å². The molecule has 0 amide bonds. The fourth-order valence-corrected chi connectivity index (χ4v) is 1.54. The van der Waals surface area contributed by atoms with Crippen LogP contribution in [0.5, 0.6) is 0 Å². The highest BCUT2D eigenvalue weighted by atomic mass is 32.1. The fraction of sp³-hybridized carbons (Fsp3) is 0.571. The van der Waals surface area contributed by atoms with Gasteiger partial charge in [-0.1, -0.05) is 11.3 Å². The number of carbonyl (C=O) groups excluding carboxylic acids is 1. The van der Waals surface area contributed by atoms with Crippen LogP contribution in [0.1, 0.15) is 21.7 Å². The van der Waals surface area contributed by atoms with Gasteiger partial charge < -0.3 is 4.74 Å². The van der Waals surface area contributed by atoms with E-state index in [9.17, 15) is 18.0 Å². The molecular formula is C7H7F3N2O2S. The van der Waals surface area contributed by atoms with Gasteiger partial charge in [0, 0.05) is 0 Å². The van der Waals surface area contributed by atoms with Gasteiger partial charge in [0.1, 0.15) is 5.01 Å². The Morgan fingerprint density at radius 1 is 1.47 bits per heavy atom. The van der Waals surface area contributed by atoms with Gasteiger partial charge >= 0.3 is 12.1 Å². The first-order valence-electron chi connectivity index (χ1n) is 3.98. The summed E-state index contributed by atoms with van der Waals surface area (Å²) >= 11 is 0.591. The summed E-state index contributed by atoms with van der Waals surface area (Å²) in [6, 6.07) is 0. The number of esters is 1. The van der Waals surface area contributed by atoms with Crippen LogP contribution >= 0.6 is 11.3 Å². The second-order valence-electron chi connectivity index (χ2n) is 2.51. The maximum absolute atomic E-state index is 11.9. The molecule has 0 aliphatic heterocycles. The second kappa shape index (κ2) is 4.56. The highest BCUT2D eigenvalue weighted by Gasteiger charge is 2.30. The lowest BCUT2D eigenvalue weighted by molar-refractivity contribution is -0.127. The van der Waals surface area contributed by atoms with E-state index in [0.29, 0.717) is 11.3 Å². The zero-order valence-corrected chi connectivity index (χ0v) is 8.48. The summed E-state index contributed by atoms with van der Waals surface area (Å²) < 4.78 is 40.3. The molecule has 0 aromatic carbocycles. The third-order valence-corrected chi connectivity index (χ3v) is 2.17. The van der Waals surface area contributed by atoms with E-state index < -0.39 is 18.6 Å². The molecule has 0 atom stereocenters. The standard InChI is InChI=1S/C7H7F3N2O2S/c1-2-14-6(13)5-12-11-4(15-5)3-7(8,9)10/h2-3H2,1H3. The lowest BCUT2D eigenvalue weighted by atomic mass is 10.4. The van der Waals surface area contributed by atoms with E-state index >= 15 is 0 Å². The summed E-state index contributed by atoms with van der Waals surface area (Å²) in [5.41, 5.74) is 0. The summed E-state index contributed by atoms with van der Waals surface area (Å²) in [6.45, 7) is 1.74. The summed E-state index contributed by atoms with van der Waals surface area (Å²) in [4.78, 5) is 11.0. The summed E-state index contributed by atoms with van der Waals surface area (Å²) in [5, 5.41) is 6.16. The van der Waals surface area contributed by atoms with Crippen molar-refractivity contribution in [3.05, 3.63) is 10.0 Å². The smallest absolute Gasteiger partial charge is 0.395 e. The number of alkyl halides is 3. The topological polar surface area (TPSA) is 52.1 Å². The molecule has 1 rings (SSSR count). The first-order valence-corrected chi connectivity index (χ1v) is 4.80. The van der Waals surface area contributed by atoms with Crippen LogP contribution in [-0.2, 0) is 11.2 Å². The predicted octanol–water partition coefficient (Wildman–Crippen LogP) is 1.82. The third kappa shape index (κ3) is 3.82. The van der Waals surface area contributed by atoms with Crippen LogP contribution in [0.2, 0.25) is 0 Å². The maximum atomic E-state index is 11.9. The number of nitrogens with zero attached hydrogens (tertiary/aromatic N) is 2. The van der Waals surface area contributed by atoms with Crippen LogP contribution in [-0.4, -0.2) is 28.9 Å². The van der Waals surface area contributed by atoms with Crippen LogP contribution < -0.4 is 0 Å². The number of ether oxygens (including phenoxy) is 1. The van der Waals surface area contributed by atoms with Gasteiger partial charge in [-0.25, -0.2) is 4.79 Å². The summed E-state index contributed by atoms with van der Waals surface area (Å²) in [5.74, 6) is -0.747. The van der Waals surface area contributed by atoms with Crippen LogP contribution in [0.3, 0.4) is 0 Å². The van der Waals surface area contributed by atoms with E-state index in [0.717, 1.165) is 0 Å². The molecule has 0 aliphatic rings. The Morgan fingerprint density at radius 3 is 2.67 bits per heavy atom. The minimum Gasteiger partial charge on any atom is -0.461 e. The zero-order valence-electron chi connectivity index (χ0n) is 7.67. The molecule has 1 heterocycles. The Balaban J connectivity index is 2.68. The number of halogens is 3. The van der Waals surface area contributed by atoms with Crippen LogP contribution in [0.15, 0.2) is 0 Å². The molecule has 8 heteroatoms. The Labute approximate surface area is 87.1 Å². The molecule has 0 aliphatic carbocycles. The first-order chi connectivity index (χ1) is 6.92. The number of aromatic nitrogens is 2. The second-order valence-corrected chi connectivity index (χ2v) is 3.58. The Bertz CT molecular complexity index is 350. The number of rotatable bonds is 3. The highest BCUT2D eigenvalue weighted by molar-refractivity contribution is 7.13. The van der Waals surface area contributed by atoms with Gasteiger partial charge in [-0.15, -0.1) is 10.2 Å². The maximum Gasteiger partial charge on any atom is 0.395 e. The van der Waals surface area contributed by atoms with Crippen molar-refractivity contribution in [1.82, 2.24) is 10.2 Å². The van der Waals surface area contributed by atoms with E-state index in [1.807, 2.05) is 0 Å². The van der Waals surface area contributed by atoms with Crippen molar-refractivity contribution >= 4 is 17.3 Å². The molecule has 0 spiro atoms. The first kappa shape index (κ1) is 11.9. The average molecular weight is 240 g/mol. The van der Waals surface area contributed by atoms with Gasteiger partial charge in [-0.05, 0) is 6.92 Å². The minimum absolute atomic E-state index is 0.146. The van der Waals surface area contributed by atoms with Crippen molar-refractivity contribution in [2.24, 2.45) is 0 Å². The average Bonchev–Trinajstić information content (AvgIpc) is 2.50. The lowest BCUT2D eigenvalue weighted by Crippen LogP contribution is -2.11. The van der Waals surface area contributed by atoms with Crippen molar-refractivity contribution in [3.63, 3.8) is 0 Å². The molecule has 0 N–H and O–H groups in total. The molecule has 0 fully saturated rings. The van der Waals surface area contributed by atoms with Gasteiger partial charge in [-0.3, -0.25) is 0 Å². The Hall–Kier alpha value is -1.18. The van der Waals surface area contributed by atoms with E-state index in [1.165, 1.54) is 0 Å². The summed E-state index contributed by atoms with van der Waals surface area (Å²) in [7, 11) is 0. The SMILES string of the molecule is CCOC(=O)c1nnc(CC(F)(F)F)s1. The van der Waals surface area contributed by atoms with E-state index in [1.54, 1.807) is 6.92 Å². The molecule has 1 aromatic rings. The van der Waals surface area contributed by atoms with E-state index in [2.05, 4.69) is 14.9 Å². The molecule has 0 bridgehead atoms. The van der Waals surface area contributed by atoms with Gasteiger partial charge in [-0.2, -0.15) is 13.2 Å². The lowest BCUT2D eigenvalue weighted by Gasteiger charge is -2.00. The molecule has 0 saturated heterocycles. The van der Waals surface area contributed by atoms with Gasteiger partial charge in [0.2, 0.25) is 5.01 Å². The molecule has 1 aromatic heterocycles. The van der Waals surface area contributed by atoms with Crippen molar-refractivity contribution in [1.29, 1.82) is 0 Å². The zero-order chi connectivity index (χ0) is 11.5. The predicted molar refractivity (Wildman–Crippen MR) is 45.6 cm³/mol. The van der Waals surface area contributed by atoms with Crippen molar-refractivity contribution < 1.29 is 22.7 Å². The Kier molecular flexibility index (Phi) is 3.61. The van der Waals surface area contributed by atoms with Gasteiger partial charge in [0.15, 0.2) is 0 Å². The van der Waals surface area contributed by atoms with E-state index in [4.69, 9.17) is 0 Å². The quantitative estimate of drug-likeness (QED) is 0.756. The number of hydrogen-bond acceptors (Lipinski definition) is 5. The van der Waals surface area contributed by atoms with Crippen molar-refractivity contribution in [3.8, 4) is 0 Å². The fourth-order valence-electron chi connectivity index (χ4n) is 0.772. The van der Waals surface area contributed by atoms with Gasteiger partial charge in [0.25, 0.3) is 0 Å². The molecule has 0 saturated carbocycles. The highest BCUT2D eigenvalue weighted by Crippen LogP contribution is 2.23. The van der Waals surface area contributed by atoms with Crippen LogP contribution in [0.25, 0.3) is 0 Å². The van der Waals surface area contributed by atoms with Crippen LogP contribution in [0, 0.1) is 0 Å². The normalized spacial score (nSPS) is 11.5. The van der Waals surface area contributed by atoms with Gasteiger partial charge in [0.05, 0.1) is 13.0 Å². The Morgan fingerprint density at radius 2 is 2.13 bits per heavy atom.